The second-order valence-electron chi connectivity index (χ2n) is 5.23. The van der Waals surface area contributed by atoms with Crippen LogP contribution in [0.3, 0.4) is 0 Å². The monoisotopic (exact) mass is 262 g/mol. The topological polar surface area (TPSA) is 52.6 Å². The van der Waals surface area contributed by atoms with E-state index in [2.05, 4.69) is 11.4 Å². The third-order valence-electron chi connectivity index (χ3n) is 3.61. The van der Waals surface area contributed by atoms with Crippen LogP contribution >= 0.6 is 0 Å². The number of hydrogen-bond donors (Lipinski definition) is 2. The number of likely N-dealkylation sites (N-methyl/N-ethyl adjacent to an activating group) is 1. The first-order chi connectivity index (χ1) is 9.09. The molecular weight excluding hydrogens is 240 g/mol. The van der Waals surface area contributed by atoms with Gasteiger partial charge in [0.1, 0.15) is 6.04 Å². The molecule has 0 aromatic heterocycles. The van der Waals surface area contributed by atoms with Crippen LogP contribution in [-0.4, -0.2) is 42.2 Å². The SMILES string of the molecule is CC(O)CCN(C)C(=O)C1NCCc2ccccc21. The molecule has 19 heavy (non-hydrogen) atoms. The summed E-state index contributed by atoms with van der Waals surface area (Å²) in [5.41, 5.74) is 2.34. The van der Waals surface area contributed by atoms with Crippen molar-refractivity contribution in [3.63, 3.8) is 0 Å². The number of hydrogen-bond acceptors (Lipinski definition) is 3. The molecule has 1 amide bonds. The molecule has 1 aliphatic rings. The highest BCUT2D eigenvalue weighted by Crippen LogP contribution is 2.24. The first-order valence-corrected chi connectivity index (χ1v) is 6.84. The molecule has 0 saturated carbocycles. The normalized spacial score (nSPS) is 19.6. The molecule has 1 aliphatic heterocycles. The molecule has 0 radical (unpaired) electrons. The largest absolute Gasteiger partial charge is 0.393 e. The maximum Gasteiger partial charge on any atom is 0.244 e. The van der Waals surface area contributed by atoms with E-state index in [0.717, 1.165) is 18.5 Å². The van der Waals surface area contributed by atoms with E-state index in [9.17, 15) is 9.90 Å². The maximum atomic E-state index is 12.5. The van der Waals surface area contributed by atoms with Crippen molar-refractivity contribution in [2.45, 2.75) is 31.9 Å². The van der Waals surface area contributed by atoms with Crippen molar-refractivity contribution >= 4 is 5.91 Å². The summed E-state index contributed by atoms with van der Waals surface area (Å²) in [5.74, 6) is 0.0767. The molecule has 1 aromatic rings. The van der Waals surface area contributed by atoms with E-state index in [1.807, 2.05) is 18.2 Å². The van der Waals surface area contributed by atoms with E-state index in [0.29, 0.717) is 13.0 Å². The molecule has 2 N–H and O–H groups in total. The number of aliphatic hydroxyl groups excluding tert-OH is 1. The van der Waals surface area contributed by atoms with Crippen molar-refractivity contribution < 1.29 is 9.90 Å². The number of fused-ring (bicyclic) bond motifs is 1. The number of carbonyl (C=O) groups excluding carboxylic acids is 1. The van der Waals surface area contributed by atoms with E-state index in [1.54, 1.807) is 18.9 Å². The van der Waals surface area contributed by atoms with E-state index in [-0.39, 0.29) is 18.1 Å². The Balaban J connectivity index is 2.08. The van der Waals surface area contributed by atoms with Crippen LogP contribution in [0.1, 0.15) is 30.5 Å². The number of rotatable bonds is 4. The predicted molar refractivity (Wildman–Crippen MR) is 74.8 cm³/mol. The molecule has 0 bridgehead atoms. The Morgan fingerprint density at radius 3 is 3.00 bits per heavy atom. The zero-order chi connectivity index (χ0) is 13.8. The fourth-order valence-electron chi connectivity index (χ4n) is 2.44. The van der Waals surface area contributed by atoms with Gasteiger partial charge in [-0.15, -0.1) is 0 Å². The molecule has 0 aliphatic carbocycles. The summed E-state index contributed by atoms with van der Waals surface area (Å²) < 4.78 is 0. The van der Waals surface area contributed by atoms with Crippen molar-refractivity contribution in [2.75, 3.05) is 20.1 Å². The second-order valence-corrected chi connectivity index (χ2v) is 5.23. The van der Waals surface area contributed by atoms with Gasteiger partial charge in [0.2, 0.25) is 5.91 Å². The molecule has 2 rings (SSSR count). The van der Waals surface area contributed by atoms with Crippen LogP contribution in [0.15, 0.2) is 24.3 Å². The summed E-state index contributed by atoms with van der Waals surface area (Å²) in [4.78, 5) is 14.2. The van der Waals surface area contributed by atoms with Crippen LogP contribution in [0.25, 0.3) is 0 Å². The number of nitrogens with zero attached hydrogens (tertiary/aromatic N) is 1. The minimum absolute atomic E-state index is 0.0767. The fraction of sp³-hybridized carbons (Fsp3) is 0.533. The molecule has 1 aromatic carbocycles. The average molecular weight is 262 g/mol. The third-order valence-corrected chi connectivity index (χ3v) is 3.61. The smallest absolute Gasteiger partial charge is 0.244 e. The summed E-state index contributed by atoms with van der Waals surface area (Å²) in [7, 11) is 1.80. The van der Waals surface area contributed by atoms with Gasteiger partial charge in [-0.3, -0.25) is 4.79 Å². The number of carbonyl (C=O) groups is 1. The minimum atomic E-state index is -0.373. The molecule has 104 valence electrons. The standard InChI is InChI=1S/C15H22N2O2/c1-11(18)8-10-17(2)15(19)14-13-6-4-3-5-12(13)7-9-16-14/h3-6,11,14,16,18H,7-10H2,1-2H3. The van der Waals surface area contributed by atoms with E-state index >= 15 is 0 Å². The molecule has 1 heterocycles. The molecule has 0 fully saturated rings. The fourth-order valence-corrected chi connectivity index (χ4v) is 2.44. The van der Waals surface area contributed by atoms with E-state index in [1.165, 1.54) is 5.56 Å². The molecule has 4 heteroatoms. The summed E-state index contributed by atoms with van der Waals surface area (Å²) in [6.45, 7) is 3.15. The Morgan fingerprint density at radius 2 is 2.26 bits per heavy atom. The first-order valence-electron chi connectivity index (χ1n) is 6.84. The van der Waals surface area contributed by atoms with E-state index < -0.39 is 0 Å². The van der Waals surface area contributed by atoms with Crippen LogP contribution in [-0.2, 0) is 11.2 Å². The maximum absolute atomic E-state index is 12.5. The van der Waals surface area contributed by atoms with Crippen molar-refractivity contribution in [2.24, 2.45) is 0 Å². The molecule has 2 atom stereocenters. The van der Waals surface area contributed by atoms with Crippen molar-refractivity contribution in [1.29, 1.82) is 0 Å². The third kappa shape index (κ3) is 3.33. The number of aliphatic hydroxyl groups is 1. The molecule has 0 spiro atoms. The van der Waals surface area contributed by atoms with Crippen LogP contribution in [0.4, 0.5) is 0 Å². The van der Waals surface area contributed by atoms with Gasteiger partial charge in [-0.25, -0.2) is 0 Å². The molecular formula is C15H22N2O2. The molecule has 0 saturated heterocycles. The van der Waals surface area contributed by atoms with Crippen LogP contribution in [0, 0.1) is 0 Å². The van der Waals surface area contributed by atoms with Gasteiger partial charge in [0, 0.05) is 20.1 Å². The predicted octanol–water partition coefficient (Wildman–Crippen LogP) is 1.10. The summed E-state index contributed by atoms with van der Waals surface area (Å²) in [6, 6.07) is 7.85. The summed E-state index contributed by atoms with van der Waals surface area (Å²) >= 11 is 0. The number of benzene rings is 1. The summed E-state index contributed by atoms with van der Waals surface area (Å²) in [5, 5.41) is 12.6. The Hall–Kier alpha value is -1.39. The highest BCUT2D eigenvalue weighted by molar-refractivity contribution is 5.83. The molecule has 2 unspecified atom stereocenters. The van der Waals surface area contributed by atoms with Gasteiger partial charge < -0.3 is 15.3 Å². The average Bonchev–Trinajstić information content (AvgIpc) is 2.43. The van der Waals surface area contributed by atoms with E-state index in [4.69, 9.17) is 0 Å². The zero-order valence-electron chi connectivity index (χ0n) is 11.6. The highest BCUT2D eigenvalue weighted by atomic mass is 16.3. The van der Waals surface area contributed by atoms with Gasteiger partial charge in [0.15, 0.2) is 0 Å². The summed E-state index contributed by atoms with van der Waals surface area (Å²) in [6.07, 6.45) is 1.20. The highest BCUT2D eigenvalue weighted by Gasteiger charge is 2.27. The van der Waals surface area contributed by atoms with Gasteiger partial charge >= 0.3 is 0 Å². The lowest BCUT2D eigenvalue weighted by Crippen LogP contribution is -2.42. The van der Waals surface area contributed by atoms with Crippen LogP contribution < -0.4 is 5.32 Å². The lowest BCUT2D eigenvalue weighted by atomic mass is 9.93. The van der Waals surface area contributed by atoms with Crippen molar-refractivity contribution in [3.05, 3.63) is 35.4 Å². The Morgan fingerprint density at radius 1 is 1.53 bits per heavy atom. The zero-order valence-corrected chi connectivity index (χ0v) is 11.6. The van der Waals surface area contributed by atoms with Crippen LogP contribution in [0.2, 0.25) is 0 Å². The second kappa shape index (κ2) is 6.17. The van der Waals surface area contributed by atoms with Gasteiger partial charge in [-0.05, 0) is 30.9 Å². The first kappa shape index (κ1) is 14.0. The quantitative estimate of drug-likeness (QED) is 0.854. The molecule has 4 nitrogen and oxygen atoms in total. The Labute approximate surface area is 114 Å². The lowest BCUT2D eigenvalue weighted by molar-refractivity contribution is -0.132. The van der Waals surface area contributed by atoms with Gasteiger partial charge in [0.25, 0.3) is 0 Å². The Kier molecular flexibility index (Phi) is 4.56. The van der Waals surface area contributed by atoms with Gasteiger partial charge in [-0.2, -0.15) is 0 Å². The number of amides is 1. The minimum Gasteiger partial charge on any atom is -0.393 e. The Bertz CT molecular complexity index is 446. The van der Waals surface area contributed by atoms with Crippen molar-refractivity contribution in [1.82, 2.24) is 10.2 Å². The van der Waals surface area contributed by atoms with Gasteiger partial charge in [-0.1, -0.05) is 24.3 Å². The van der Waals surface area contributed by atoms with Crippen molar-refractivity contribution in [3.8, 4) is 0 Å². The van der Waals surface area contributed by atoms with Crippen LogP contribution in [0.5, 0.6) is 0 Å². The van der Waals surface area contributed by atoms with Gasteiger partial charge in [0.05, 0.1) is 6.10 Å². The lowest BCUT2D eigenvalue weighted by Gasteiger charge is -2.29. The number of nitrogens with one attached hydrogen (secondary N) is 1.